The fourth-order valence-electron chi connectivity index (χ4n) is 4.47. The van der Waals surface area contributed by atoms with Crippen LogP contribution in [0.2, 0.25) is 0 Å². The lowest BCUT2D eigenvalue weighted by atomic mass is 9.99. The van der Waals surface area contributed by atoms with Crippen LogP contribution < -0.4 is 11.1 Å². The van der Waals surface area contributed by atoms with Crippen molar-refractivity contribution in [1.82, 2.24) is 19.8 Å². The number of hydrogen-bond acceptors (Lipinski definition) is 7. The summed E-state index contributed by atoms with van der Waals surface area (Å²) in [5.41, 5.74) is 10.2. The van der Waals surface area contributed by atoms with Crippen molar-refractivity contribution in [2.75, 3.05) is 37.2 Å². The topological polar surface area (TPSA) is 128 Å². The number of nitrogens with one attached hydrogen (secondary N) is 2. The average molecular weight is 484 g/mol. The maximum Gasteiger partial charge on any atom is 0.274 e. The van der Waals surface area contributed by atoms with Crippen LogP contribution in [0, 0.1) is 5.41 Å². The van der Waals surface area contributed by atoms with Crippen LogP contribution in [-0.4, -0.2) is 63.5 Å². The normalized spacial score (nSPS) is 15.4. The average Bonchev–Trinajstić information content (AvgIpc) is 3.41. The predicted octanol–water partition coefficient (Wildman–Crippen LogP) is 3.17. The summed E-state index contributed by atoms with van der Waals surface area (Å²) in [5, 5.41) is 11.2. The summed E-state index contributed by atoms with van der Waals surface area (Å²) in [7, 11) is 0. The molecule has 0 unspecified atom stereocenters. The van der Waals surface area contributed by atoms with E-state index < -0.39 is 5.91 Å². The molecule has 0 aliphatic carbocycles. The number of rotatable bonds is 7. The molecule has 2 aliphatic heterocycles. The summed E-state index contributed by atoms with van der Waals surface area (Å²) < 4.78 is 0. The van der Waals surface area contributed by atoms with Gasteiger partial charge in [-0.15, -0.1) is 0 Å². The number of aromatic nitrogens is 2. The molecule has 5 rings (SSSR count). The third kappa shape index (κ3) is 5.11. The van der Waals surface area contributed by atoms with Crippen molar-refractivity contribution >= 4 is 28.9 Å². The van der Waals surface area contributed by atoms with Gasteiger partial charge in [-0.3, -0.25) is 24.9 Å². The van der Waals surface area contributed by atoms with Gasteiger partial charge in [-0.05, 0) is 73.8 Å². The zero-order chi connectivity index (χ0) is 25.1. The minimum atomic E-state index is -0.607. The number of likely N-dealkylation sites (tertiary alicyclic amines) is 2. The monoisotopic (exact) mass is 483 g/mol. The van der Waals surface area contributed by atoms with Crippen LogP contribution in [-0.2, 0) is 11.3 Å². The van der Waals surface area contributed by atoms with E-state index in [1.54, 1.807) is 35.4 Å². The number of amides is 2. The van der Waals surface area contributed by atoms with Gasteiger partial charge in [0.05, 0.1) is 11.9 Å². The van der Waals surface area contributed by atoms with E-state index in [1.165, 1.54) is 12.6 Å². The molecule has 3 aromatic rings. The predicted molar refractivity (Wildman–Crippen MR) is 139 cm³/mol. The molecule has 2 fully saturated rings. The molecule has 0 atom stereocenters. The maximum absolute atomic E-state index is 12.8. The molecule has 2 aromatic heterocycles. The van der Waals surface area contributed by atoms with Crippen molar-refractivity contribution in [2.24, 2.45) is 0 Å². The standard InChI is InChI=1S/C27H29N7O2/c28-23-6-4-19(20-12-18(14-30-15-20)17-33-8-3-9-33)13-22(23)25(29)26(35)32-21-5-7-24(31-16-21)27(36)34-10-1-2-11-34/h4-7,12-16,29H,1-3,8-11,17,28H2,(H,32,35). The molecule has 9 nitrogen and oxygen atoms in total. The summed E-state index contributed by atoms with van der Waals surface area (Å²) in [6.07, 6.45) is 8.32. The number of carbonyl (C=O) groups is 2. The third-order valence-electron chi connectivity index (χ3n) is 6.67. The molecule has 0 bridgehead atoms. The van der Waals surface area contributed by atoms with Gasteiger partial charge < -0.3 is 16.0 Å². The summed E-state index contributed by atoms with van der Waals surface area (Å²) in [6, 6.07) is 10.6. The molecular weight excluding hydrogens is 454 g/mol. The molecule has 0 spiro atoms. The van der Waals surface area contributed by atoms with E-state index in [4.69, 9.17) is 11.1 Å². The van der Waals surface area contributed by atoms with Gasteiger partial charge in [-0.25, -0.2) is 4.98 Å². The highest BCUT2D eigenvalue weighted by atomic mass is 16.2. The first-order valence-electron chi connectivity index (χ1n) is 12.2. The first-order valence-corrected chi connectivity index (χ1v) is 12.2. The van der Waals surface area contributed by atoms with Crippen LogP contribution in [0.15, 0.2) is 55.0 Å². The van der Waals surface area contributed by atoms with Gasteiger partial charge in [-0.1, -0.05) is 6.07 Å². The zero-order valence-electron chi connectivity index (χ0n) is 20.0. The molecule has 1 aromatic carbocycles. The lowest BCUT2D eigenvalue weighted by Gasteiger charge is -2.30. The number of hydrogen-bond donors (Lipinski definition) is 3. The summed E-state index contributed by atoms with van der Waals surface area (Å²) in [6.45, 7) is 4.56. The van der Waals surface area contributed by atoms with Crippen molar-refractivity contribution in [1.29, 1.82) is 5.41 Å². The van der Waals surface area contributed by atoms with Crippen LogP contribution in [0.3, 0.4) is 0 Å². The number of nitrogens with zero attached hydrogens (tertiary/aromatic N) is 4. The van der Waals surface area contributed by atoms with E-state index in [0.29, 0.717) is 22.6 Å². The summed E-state index contributed by atoms with van der Waals surface area (Å²) in [5.74, 6) is -0.713. The highest BCUT2D eigenvalue weighted by molar-refractivity contribution is 6.48. The first kappa shape index (κ1) is 23.6. The second kappa shape index (κ2) is 10.2. The molecule has 2 saturated heterocycles. The van der Waals surface area contributed by atoms with E-state index in [2.05, 4.69) is 26.3 Å². The fraction of sp³-hybridized carbons (Fsp3) is 0.296. The lowest BCUT2D eigenvalue weighted by Crippen LogP contribution is -2.36. The van der Waals surface area contributed by atoms with Crippen molar-refractivity contribution in [3.8, 4) is 11.1 Å². The molecule has 2 aliphatic rings. The Hall–Kier alpha value is -4.11. The van der Waals surface area contributed by atoms with Crippen LogP contribution in [0.5, 0.6) is 0 Å². The van der Waals surface area contributed by atoms with Crippen molar-refractivity contribution < 1.29 is 9.59 Å². The van der Waals surface area contributed by atoms with E-state index in [1.807, 2.05) is 12.3 Å². The van der Waals surface area contributed by atoms with Crippen LogP contribution in [0.25, 0.3) is 11.1 Å². The van der Waals surface area contributed by atoms with Gasteiger partial charge in [0.15, 0.2) is 0 Å². The Balaban J connectivity index is 1.28. The molecule has 4 heterocycles. The van der Waals surface area contributed by atoms with Crippen LogP contribution >= 0.6 is 0 Å². The number of nitrogens with two attached hydrogens (primary N) is 1. The molecule has 184 valence electrons. The van der Waals surface area contributed by atoms with Gasteiger partial charge in [0.2, 0.25) is 0 Å². The summed E-state index contributed by atoms with van der Waals surface area (Å²) >= 11 is 0. The molecule has 36 heavy (non-hydrogen) atoms. The highest BCUT2D eigenvalue weighted by Gasteiger charge is 2.21. The molecule has 0 saturated carbocycles. The fourth-order valence-corrected chi connectivity index (χ4v) is 4.47. The number of benzene rings is 1. The van der Waals surface area contributed by atoms with Crippen LogP contribution in [0.1, 0.15) is 40.9 Å². The Kier molecular flexibility index (Phi) is 6.73. The Bertz CT molecular complexity index is 1300. The Morgan fingerprint density at radius 1 is 0.944 bits per heavy atom. The minimum Gasteiger partial charge on any atom is -0.398 e. The molecule has 2 amide bonds. The molecule has 0 radical (unpaired) electrons. The number of anilines is 2. The first-order chi connectivity index (χ1) is 17.5. The molecule has 4 N–H and O–H groups in total. The second-order valence-electron chi connectivity index (χ2n) is 9.27. The van der Waals surface area contributed by atoms with Gasteiger partial charge in [0, 0.05) is 48.8 Å². The van der Waals surface area contributed by atoms with Gasteiger partial charge in [0.25, 0.3) is 11.8 Å². The van der Waals surface area contributed by atoms with Crippen molar-refractivity contribution in [3.05, 3.63) is 71.8 Å². The van der Waals surface area contributed by atoms with Gasteiger partial charge in [0.1, 0.15) is 11.4 Å². The Labute approximate surface area is 209 Å². The zero-order valence-corrected chi connectivity index (χ0v) is 20.0. The van der Waals surface area contributed by atoms with E-state index in [0.717, 1.165) is 62.3 Å². The van der Waals surface area contributed by atoms with E-state index >= 15 is 0 Å². The number of nitrogen functional groups attached to an aromatic ring is 1. The largest absolute Gasteiger partial charge is 0.398 e. The van der Waals surface area contributed by atoms with Gasteiger partial charge >= 0.3 is 0 Å². The quantitative estimate of drug-likeness (QED) is 0.350. The third-order valence-corrected chi connectivity index (χ3v) is 6.67. The van der Waals surface area contributed by atoms with Crippen molar-refractivity contribution in [3.63, 3.8) is 0 Å². The minimum absolute atomic E-state index is 0.105. The maximum atomic E-state index is 12.8. The van der Waals surface area contributed by atoms with E-state index in [-0.39, 0.29) is 11.6 Å². The van der Waals surface area contributed by atoms with E-state index in [9.17, 15) is 9.59 Å². The summed E-state index contributed by atoms with van der Waals surface area (Å²) in [4.78, 5) is 38.0. The van der Waals surface area contributed by atoms with Crippen LogP contribution in [0.4, 0.5) is 11.4 Å². The Morgan fingerprint density at radius 2 is 1.75 bits per heavy atom. The Morgan fingerprint density at radius 3 is 2.44 bits per heavy atom. The lowest BCUT2D eigenvalue weighted by molar-refractivity contribution is -0.110. The molecular formula is C27H29N7O2. The SMILES string of the molecule is N=C(C(=O)Nc1ccc(C(=O)N2CCCC2)nc1)c1cc(-c2cncc(CN3CCC3)c2)ccc1N. The number of carbonyl (C=O) groups excluding carboxylic acids is 2. The van der Waals surface area contributed by atoms with Gasteiger partial charge in [-0.2, -0.15) is 0 Å². The van der Waals surface area contributed by atoms with Crippen molar-refractivity contribution in [2.45, 2.75) is 25.8 Å². The second-order valence-corrected chi connectivity index (χ2v) is 9.27. The highest BCUT2D eigenvalue weighted by Crippen LogP contribution is 2.26. The smallest absolute Gasteiger partial charge is 0.274 e. The molecule has 9 heteroatoms. The number of pyridine rings is 2.